The van der Waals surface area contributed by atoms with E-state index in [2.05, 4.69) is 27.0 Å². The van der Waals surface area contributed by atoms with Crippen LogP contribution >= 0.6 is 0 Å². The van der Waals surface area contributed by atoms with Crippen LogP contribution in [0.2, 0.25) is 0 Å². The fourth-order valence-corrected chi connectivity index (χ4v) is 3.38. The first-order valence-electron chi connectivity index (χ1n) is 9.25. The van der Waals surface area contributed by atoms with Gasteiger partial charge in [-0.15, -0.1) is 0 Å². The summed E-state index contributed by atoms with van der Waals surface area (Å²) in [6.45, 7) is 8.45. The maximum absolute atomic E-state index is 12.1. The molecule has 2 saturated heterocycles. The molecule has 0 aliphatic carbocycles. The Bertz CT molecular complexity index is 557. The van der Waals surface area contributed by atoms with Crippen LogP contribution in [0.15, 0.2) is 18.3 Å². The predicted molar refractivity (Wildman–Crippen MR) is 97.4 cm³/mol. The summed E-state index contributed by atoms with van der Waals surface area (Å²) in [5, 5.41) is 2.93. The number of nitrogens with two attached hydrogens (primary N) is 1. The molecule has 138 valence electrons. The molecule has 2 atom stereocenters. The zero-order chi connectivity index (χ0) is 17.6. The molecule has 0 unspecified atom stereocenters. The van der Waals surface area contributed by atoms with Gasteiger partial charge in [-0.3, -0.25) is 4.79 Å². The van der Waals surface area contributed by atoms with Crippen molar-refractivity contribution in [1.29, 1.82) is 0 Å². The number of anilines is 1. The summed E-state index contributed by atoms with van der Waals surface area (Å²) in [5.41, 5.74) is 6.58. The predicted octanol–water partition coefficient (Wildman–Crippen LogP) is 0.346. The summed E-state index contributed by atoms with van der Waals surface area (Å²) in [6, 6.07) is 4.08. The minimum atomic E-state index is -0.365. The molecule has 0 bridgehead atoms. The average Bonchev–Trinajstić information content (AvgIpc) is 3.16. The Balaban J connectivity index is 1.46. The lowest BCUT2D eigenvalue weighted by Crippen LogP contribution is -2.46. The normalized spacial score (nSPS) is 24.5. The van der Waals surface area contributed by atoms with E-state index in [9.17, 15) is 4.79 Å². The van der Waals surface area contributed by atoms with E-state index >= 15 is 0 Å². The number of aromatic nitrogens is 1. The molecule has 3 rings (SSSR count). The number of ether oxygens (including phenoxy) is 1. The molecule has 7 heteroatoms. The van der Waals surface area contributed by atoms with Crippen molar-refractivity contribution in [3.8, 4) is 0 Å². The highest BCUT2D eigenvalue weighted by Gasteiger charge is 2.29. The van der Waals surface area contributed by atoms with Gasteiger partial charge < -0.3 is 25.6 Å². The Morgan fingerprint density at radius 1 is 1.32 bits per heavy atom. The summed E-state index contributed by atoms with van der Waals surface area (Å²) in [7, 11) is 0. The van der Waals surface area contributed by atoms with Crippen molar-refractivity contribution in [3.63, 3.8) is 0 Å². The second-order valence-electron chi connectivity index (χ2n) is 6.72. The van der Waals surface area contributed by atoms with Crippen molar-refractivity contribution in [2.75, 3.05) is 44.2 Å². The van der Waals surface area contributed by atoms with Gasteiger partial charge in [-0.1, -0.05) is 13.0 Å². The monoisotopic (exact) mass is 347 g/mol. The van der Waals surface area contributed by atoms with Crippen molar-refractivity contribution in [3.05, 3.63) is 23.9 Å². The molecule has 1 amide bonds. The molecule has 0 aromatic carbocycles. The van der Waals surface area contributed by atoms with Crippen molar-refractivity contribution in [2.45, 2.75) is 38.5 Å². The van der Waals surface area contributed by atoms with Gasteiger partial charge in [0.1, 0.15) is 11.9 Å². The summed E-state index contributed by atoms with van der Waals surface area (Å²) < 4.78 is 5.61. The van der Waals surface area contributed by atoms with Crippen molar-refractivity contribution < 1.29 is 9.53 Å². The van der Waals surface area contributed by atoms with Crippen LogP contribution in [-0.2, 0) is 16.1 Å². The van der Waals surface area contributed by atoms with Crippen LogP contribution in [0, 0.1) is 0 Å². The maximum Gasteiger partial charge on any atom is 0.249 e. The molecule has 1 aromatic heterocycles. The highest BCUT2D eigenvalue weighted by molar-refractivity contribution is 5.81. The zero-order valence-electron chi connectivity index (χ0n) is 15.0. The fraction of sp³-hybridized carbons (Fsp3) is 0.667. The number of carbonyl (C=O) groups is 1. The number of nitrogens with zero attached hydrogens (tertiary/aromatic N) is 3. The average molecular weight is 347 g/mol. The van der Waals surface area contributed by atoms with Crippen LogP contribution in [0.1, 0.15) is 25.3 Å². The van der Waals surface area contributed by atoms with Gasteiger partial charge in [0.2, 0.25) is 5.91 Å². The second kappa shape index (κ2) is 8.60. The van der Waals surface area contributed by atoms with Gasteiger partial charge in [-0.2, -0.15) is 0 Å². The number of nitrogens with one attached hydrogen (secondary N) is 1. The first-order valence-corrected chi connectivity index (χ1v) is 9.25. The Kier molecular flexibility index (Phi) is 6.23. The SMILES string of the molecule is CCN1CCN(c2ccc(CNC(=O)[C@@H]3CC[C@H](CN)O3)cn2)CC1. The lowest BCUT2D eigenvalue weighted by atomic mass is 10.2. The van der Waals surface area contributed by atoms with E-state index in [0.29, 0.717) is 13.1 Å². The van der Waals surface area contributed by atoms with E-state index in [1.165, 1.54) is 0 Å². The van der Waals surface area contributed by atoms with Gasteiger partial charge >= 0.3 is 0 Å². The van der Waals surface area contributed by atoms with Crippen LogP contribution in [0.25, 0.3) is 0 Å². The highest BCUT2D eigenvalue weighted by Crippen LogP contribution is 2.19. The molecule has 2 aliphatic heterocycles. The lowest BCUT2D eigenvalue weighted by molar-refractivity contribution is -0.132. The summed E-state index contributed by atoms with van der Waals surface area (Å²) in [6.07, 6.45) is 3.10. The van der Waals surface area contributed by atoms with Crippen LogP contribution in [0.3, 0.4) is 0 Å². The molecule has 7 nitrogen and oxygen atoms in total. The van der Waals surface area contributed by atoms with E-state index in [-0.39, 0.29) is 18.1 Å². The number of carbonyl (C=O) groups excluding carboxylic acids is 1. The third kappa shape index (κ3) is 4.68. The summed E-state index contributed by atoms with van der Waals surface area (Å²) in [4.78, 5) is 21.5. The van der Waals surface area contributed by atoms with Crippen LogP contribution in [0.5, 0.6) is 0 Å². The minimum absolute atomic E-state index is 0.0184. The number of amides is 1. The Hall–Kier alpha value is -1.70. The Morgan fingerprint density at radius 3 is 2.72 bits per heavy atom. The van der Waals surface area contributed by atoms with E-state index < -0.39 is 0 Å². The Morgan fingerprint density at radius 2 is 2.12 bits per heavy atom. The molecule has 25 heavy (non-hydrogen) atoms. The smallest absolute Gasteiger partial charge is 0.249 e. The van der Waals surface area contributed by atoms with Crippen molar-refractivity contribution in [2.24, 2.45) is 5.73 Å². The molecule has 2 fully saturated rings. The largest absolute Gasteiger partial charge is 0.364 e. The first kappa shape index (κ1) is 18.1. The second-order valence-corrected chi connectivity index (χ2v) is 6.72. The summed E-state index contributed by atoms with van der Waals surface area (Å²) in [5.74, 6) is 0.950. The van der Waals surface area contributed by atoms with Gasteiger partial charge in [-0.05, 0) is 31.0 Å². The molecule has 3 N–H and O–H groups in total. The summed E-state index contributed by atoms with van der Waals surface area (Å²) >= 11 is 0. The topological polar surface area (TPSA) is 83.7 Å². The van der Waals surface area contributed by atoms with E-state index in [1.807, 2.05) is 18.3 Å². The number of piperazine rings is 1. The van der Waals surface area contributed by atoms with Gasteiger partial charge in [0.25, 0.3) is 0 Å². The molecule has 2 aliphatic rings. The minimum Gasteiger partial charge on any atom is -0.364 e. The van der Waals surface area contributed by atoms with E-state index in [0.717, 1.165) is 56.9 Å². The van der Waals surface area contributed by atoms with Crippen molar-refractivity contribution >= 4 is 11.7 Å². The van der Waals surface area contributed by atoms with Gasteiger partial charge in [0, 0.05) is 45.5 Å². The standard InChI is InChI=1S/C18H29N5O2/c1-2-22-7-9-23(10-8-22)17-6-3-14(12-20-17)13-21-18(24)16-5-4-15(11-19)25-16/h3,6,12,15-16H,2,4-5,7-11,13,19H2,1H3,(H,21,24)/t15-,16+/m1/s1. The number of pyridine rings is 1. The van der Waals surface area contributed by atoms with Gasteiger partial charge in [0.15, 0.2) is 0 Å². The molecule has 0 spiro atoms. The maximum atomic E-state index is 12.1. The van der Waals surface area contributed by atoms with Gasteiger partial charge in [-0.25, -0.2) is 4.98 Å². The molecular formula is C18H29N5O2. The molecule has 1 aromatic rings. The number of hydrogen-bond donors (Lipinski definition) is 2. The lowest BCUT2D eigenvalue weighted by Gasteiger charge is -2.34. The molecule has 0 saturated carbocycles. The quantitative estimate of drug-likeness (QED) is 0.772. The third-order valence-corrected chi connectivity index (χ3v) is 5.08. The molecular weight excluding hydrogens is 318 g/mol. The fourth-order valence-electron chi connectivity index (χ4n) is 3.38. The van der Waals surface area contributed by atoms with Crippen LogP contribution in [0.4, 0.5) is 5.82 Å². The highest BCUT2D eigenvalue weighted by atomic mass is 16.5. The van der Waals surface area contributed by atoms with Crippen LogP contribution in [-0.4, -0.2) is 67.3 Å². The third-order valence-electron chi connectivity index (χ3n) is 5.08. The van der Waals surface area contributed by atoms with Crippen LogP contribution < -0.4 is 16.0 Å². The van der Waals surface area contributed by atoms with Crippen molar-refractivity contribution in [1.82, 2.24) is 15.2 Å². The number of hydrogen-bond acceptors (Lipinski definition) is 6. The van der Waals surface area contributed by atoms with E-state index in [1.54, 1.807) is 0 Å². The number of likely N-dealkylation sites (N-methyl/N-ethyl adjacent to an activating group) is 1. The first-order chi connectivity index (χ1) is 12.2. The van der Waals surface area contributed by atoms with Gasteiger partial charge in [0.05, 0.1) is 6.10 Å². The Labute approximate surface area is 149 Å². The zero-order valence-corrected chi connectivity index (χ0v) is 15.0. The molecule has 3 heterocycles. The van der Waals surface area contributed by atoms with E-state index in [4.69, 9.17) is 10.5 Å². The molecule has 0 radical (unpaired) electrons. The number of rotatable bonds is 6.